The molecule has 5 nitrogen and oxygen atoms in total. The van der Waals surface area contributed by atoms with Gasteiger partial charge in [0.25, 0.3) is 0 Å². The van der Waals surface area contributed by atoms with Crippen LogP contribution in [0.3, 0.4) is 0 Å². The maximum Gasteiger partial charge on any atom is 0.341 e. The van der Waals surface area contributed by atoms with E-state index in [9.17, 15) is 17.2 Å². The molecular weight excluding hydrogens is 404 g/mol. The first-order chi connectivity index (χ1) is 13.4. The Morgan fingerprint density at radius 1 is 1.00 bits per heavy atom. The number of hydrogen-bond acceptors (Lipinski definition) is 5. The van der Waals surface area contributed by atoms with E-state index in [1.807, 2.05) is 41.8 Å². The summed E-state index contributed by atoms with van der Waals surface area (Å²) in [6.07, 6.45) is 0.683. The molecule has 28 heavy (non-hydrogen) atoms. The first-order valence-corrected chi connectivity index (χ1v) is 11.1. The Morgan fingerprint density at radius 2 is 1.68 bits per heavy atom. The van der Waals surface area contributed by atoms with Gasteiger partial charge in [-0.3, -0.25) is 0 Å². The van der Waals surface area contributed by atoms with Crippen molar-refractivity contribution in [2.45, 2.75) is 41.5 Å². The molecule has 1 aromatic heterocycles. The number of aromatic nitrogens is 3. The van der Waals surface area contributed by atoms with Gasteiger partial charge in [0.2, 0.25) is 9.84 Å². The number of halogens is 2. The monoisotopic (exact) mass is 423 g/mol. The molecule has 148 valence electrons. The maximum atomic E-state index is 12.6. The normalized spacial score (nSPS) is 11.9. The molecule has 0 radical (unpaired) electrons. The molecule has 9 heteroatoms. The number of alkyl halides is 2. The Hall–Kier alpha value is -2.26. The molecule has 0 amide bonds. The molecule has 3 rings (SSSR count). The Balaban J connectivity index is 1.69. The summed E-state index contributed by atoms with van der Waals surface area (Å²) in [5.74, 6) is -2.02. The van der Waals surface area contributed by atoms with Crippen molar-refractivity contribution in [2.24, 2.45) is 0 Å². The predicted octanol–water partition coefficient (Wildman–Crippen LogP) is 4.18. The van der Waals surface area contributed by atoms with Gasteiger partial charge in [0.05, 0.1) is 4.90 Å². The number of sulfone groups is 1. The topological polar surface area (TPSA) is 64.8 Å². The Kier molecular flexibility index (Phi) is 6.46. The average molecular weight is 424 g/mol. The maximum absolute atomic E-state index is 12.6. The van der Waals surface area contributed by atoms with E-state index in [1.54, 1.807) is 12.1 Å². The van der Waals surface area contributed by atoms with Gasteiger partial charge in [-0.1, -0.05) is 54.2 Å². The van der Waals surface area contributed by atoms with E-state index in [1.165, 1.54) is 23.9 Å². The number of hydrogen-bond donors (Lipinski definition) is 0. The molecule has 0 aliphatic heterocycles. The van der Waals surface area contributed by atoms with Crippen molar-refractivity contribution in [2.75, 3.05) is 0 Å². The van der Waals surface area contributed by atoms with Gasteiger partial charge in [0, 0.05) is 18.7 Å². The zero-order valence-corrected chi connectivity index (χ0v) is 16.8. The van der Waals surface area contributed by atoms with E-state index >= 15 is 0 Å². The van der Waals surface area contributed by atoms with E-state index in [-0.39, 0.29) is 4.90 Å². The zero-order valence-electron chi connectivity index (χ0n) is 15.1. The zero-order chi connectivity index (χ0) is 20.1. The molecule has 0 spiro atoms. The molecule has 3 aromatic rings. The lowest BCUT2D eigenvalue weighted by molar-refractivity contribution is 0.234. The van der Waals surface area contributed by atoms with Gasteiger partial charge in [-0.25, -0.2) is 8.42 Å². The summed E-state index contributed by atoms with van der Waals surface area (Å²) in [6, 6.07) is 15.5. The number of benzene rings is 2. The molecule has 0 N–H and O–H groups in total. The van der Waals surface area contributed by atoms with E-state index in [0.717, 1.165) is 28.7 Å². The van der Waals surface area contributed by atoms with Gasteiger partial charge < -0.3 is 4.57 Å². The van der Waals surface area contributed by atoms with Crippen LogP contribution in [0.1, 0.15) is 23.9 Å². The van der Waals surface area contributed by atoms with Gasteiger partial charge in [-0.15, -0.1) is 10.2 Å². The molecule has 0 aliphatic carbocycles. The molecule has 0 bridgehead atoms. The van der Waals surface area contributed by atoms with Crippen LogP contribution in [0, 0.1) is 0 Å². The third-order valence-corrected chi connectivity index (χ3v) is 6.61. The SMILES string of the molecule is CCn1c(Cc2ccccc2)nnc1SCc1ccc(S(=O)(=O)C(F)F)cc1. The molecule has 0 saturated heterocycles. The van der Waals surface area contributed by atoms with Gasteiger partial charge in [-0.05, 0) is 30.2 Å². The van der Waals surface area contributed by atoms with Crippen molar-refractivity contribution in [3.8, 4) is 0 Å². The largest absolute Gasteiger partial charge is 0.341 e. The van der Waals surface area contributed by atoms with Crippen molar-refractivity contribution in [1.82, 2.24) is 14.8 Å². The van der Waals surface area contributed by atoms with Crippen molar-refractivity contribution in [3.63, 3.8) is 0 Å². The van der Waals surface area contributed by atoms with Crippen LogP contribution in [0.15, 0.2) is 64.6 Å². The smallest absolute Gasteiger partial charge is 0.306 e. The molecule has 0 unspecified atom stereocenters. The molecule has 0 aliphatic rings. The minimum absolute atomic E-state index is 0.377. The summed E-state index contributed by atoms with van der Waals surface area (Å²) in [4.78, 5) is -0.377. The lowest BCUT2D eigenvalue weighted by Gasteiger charge is -2.08. The first kappa shape index (κ1) is 20.5. The fraction of sp³-hybridized carbons (Fsp3) is 0.263. The van der Waals surface area contributed by atoms with Crippen LogP contribution in [-0.4, -0.2) is 28.9 Å². The summed E-state index contributed by atoms with van der Waals surface area (Å²) >= 11 is 1.47. The lowest BCUT2D eigenvalue weighted by Crippen LogP contribution is -2.11. The van der Waals surface area contributed by atoms with Crippen LogP contribution >= 0.6 is 11.8 Å². The van der Waals surface area contributed by atoms with Gasteiger partial charge in [0.1, 0.15) is 5.82 Å². The molecule has 0 atom stereocenters. The van der Waals surface area contributed by atoms with Crippen LogP contribution in [0.25, 0.3) is 0 Å². The summed E-state index contributed by atoms with van der Waals surface area (Å²) in [5.41, 5.74) is 1.96. The second-order valence-electron chi connectivity index (χ2n) is 6.04. The predicted molar refractivity (Wildman–Crippen MR) is 104 cm³/mol. The van der Waals surface area contributed by atoms with Gasteiger partial charge >= 0.3 is 5.76 Å². The third-order valence-electron chi connectivity index (χ3n) is 4.17. The minimum Gasteiger partial charge on any atom is -0.306 e. The van der Waals surface area contributed by atoms with Gasteiger partial charge in [0.15, 0.2) is 5.16 Å². The van der Waals surface area contributed by atoms with Crippen LogP contribution in [0.2, 0.25) is 0 Å². The van der Waals surface area contributed by atoms with Crippen molar-refractivity contribution >= 4 is 21.6 Å². The molecule has 0 saturated carbocycles. The van der Waals surface area contributed by atoms with Crippen LogP contribution in [0.4, 0.5) is 8.78 Å². The highest BCUT2D eigenvalue weighted by Gasteiger charge is 2.26. The van der Waals surface area contributed by atoms with Crippen molar-refractivity contribution in [1.29, 1.82) is 0 Å². The number of thioether (sulfide) groups is 1. The Morgan fingerprint density at radius 3 is 2.29 bits per heavy atom. The second-order valence-corrected chi connectivity index (χ2v) is 8.90. The third kappa shape index (κ3) is 4.59. The standard InChI is InChI=1S/C19H19F2N3O2S2/c1-2-24-17(12-14-6-4-3-5-7-14)22-23-19(24)27-13-15-8-10-16(11-9-15)28(25,26)18(20)21/h3-11,18H,2,12-13H2,1H3. The van der Waals surface area contributed by atoms with Crippen molar-refractivity contribution < 1.29 is 17.2 Å². The fourth-order valence-electron chi connectivity index (χ4n) is 2.68. The van der Waals surface area contributed by atoms with E-state index in [2.05, 4.69) is 10.2 Å². The van der Waals surface area contributed by atoms with Crippen molar-refractivity contribution in [3.05, 3.63) is 71.5 Å². The quantitative estimate of drug-likeness (QED) is 0.509. The Bertz CT molecular complexity index is 1020. The molecule has 1 heterocycles. The van der Waals surface area contributed by atoms with Gasteiger partial charge in [-0.2, -0.15) is 8.78 Å². The highest BCUT2D eigenvalue weighted by Crippen LogP contribution is 2.25. The Labute approximate surface area is 166 Å². The fourth-order valence-corrected chi connectivity index (χ4v) is 4.38. The summed E-state index contributed by atoms with van der Waals surface area (Å²) < 4.78 is 50.2. The van der Waals surface area contributed by atoms with Crippen LogP contribution in [-0.2, 0) is 28.6 Å². The second kappa shape index (κ2) is 8.83. The minimum atomic E-state index is -4.56. The summed E-state index contributed by atoms with van der Waals surface area (Å²) in [7, 11) is -4.56. The summed E-state index contributed by atoms with van der Waals surface area (Å²) in [6.45, 7) is 2.75. The molecule has 0 fully saturated rings. The van der Waals surface area contributed by atoms with E-state index in [4.69, 9.17) is 0 Å². The van der Waals surface area contributed by atoms with E-state index < -0.39 is 15.6 Å². The van der Waals surface area contributed by atoms with E-state index in [0.29, 0.717) is 12.2 Å². The number of rotatable bonds is 8. The summed E-state index contributed by atoms with van der Waals surface area (Å²) in [5, 5.41) is 9.31. The highest BCUT2D eigenvalue weighted by molar-refractivity contribution is 7.98. The average Bonchev–Trinajstić information content (AvgIpc) is 3.08. The lowest BCUT2D eigenvalue weighted by atomic mass is 10.1. The highest BCUT2D eigenvalue weighted by atomic mass is 32.2. The van der Waals surface area contributed by atoms with Crippen LogP contribution < -0.4 is 0 Å². The molecular formula is C19H19F2N3O2S2. The first-order valence-electron chi connectivity index (χ1n) is 8.61. The molecule has 2 aromatic carbocycles. The number of nitrogens with zero attached hydrogens (tertiary/aromatic N) is 3. The van der Waals surface area contributed by atoms with Crippen LogP contribution in [0.5, 0.6) is 0 Å².